The van der Waals surface area contributed by atoms with Crippen LogP contribution in [-0.2, 0) is 4.79 Å². The molecule has 0 saturated heterocycles. The van der Waals surface area contributed by atoms with E-state index in [1.807, 2.05) is 12.1 Å². The number of fused-ring (bicyclic) bond motifs is 1. The molecule has 0 fully saturated rings. The fourth-order valence-electron chi connectivity index (χ4n) is 1.99. The number of pyridine rings is 1. The molecule has 18 heavy (non-hydrogen) atoms. The predicted octanol–water partition coefficient (Wildman–Crippen LogP) is 2.84. The van der Waals surface area contributed by atoms with Gasteiger partial charge in [0, 0.05) is 28.7 Å². The molecule has 5 heteroatoms. The lowest BCUT2D eigenvalue weighted by atomic mass is 10.1. The number of benzene rings is 1. The summed E-state index contributed by atoms with van der Waals surface area (Å²) in [6.45, 7) is 0. The van der Waals surface area contributed by atoms with Crippen LogP contribution < -0.4 is 10.6 Å². The van der Waals surface area contributed by atoms with Crippen molar-refractivity contribution in [1.82, 2.24) is 4.98 Å². The summed E-state index contributed by atoms with van der Waals surface area (Å²) in [5.74, 6) is -0.0869. The first-order chi connectivity index (χ1) is 8.74. The van der Waals surface area contributed by atoms with Gasteiger partial charge in [-0.25, -0.2) is 0 Å². The van der Waals surface area contributed by atoms with Gasteiger partial charge in [-0.3, -0.25) is 9.78 Å². The Bertz CT molecular complexity index is 600. The number of nitrogens with zero attached hydrogens (tertiary/aromatic N) is 1. The van der Waals surface area contributed by atoms with Crippen LogP contribution in [0.3, 0.4) is 0 Å². The molecule has 1 aromatic carbocycles. The van der Waals surface area contributed by atoms with Crippen molar-refractivity contribution < 1.29 is 4.79 Å². The Labute approximate surface area is 109 Å². The smallest absolute Gasteiger partial charge is 0.251 e. The Kier molecular flexibility index (Phi) is 2.64. The second kappa shape index (κ2) is 4.31. The highest BCUT2D eigenvalue weighted by Gasteiger charge is 2.30. The van der Waals surface area contributed by atoms with Crippen molar-refractivity contribution in [3.05, 3.63) is 53.3 Å². The molecular weight excluding hydrogens is 250 g/mol. The lowest BCUT2D eigenvalue weighted by Crippen LogP contribution is -2.19. The van der Waals surface area contributed by atoms with Gasteiger partial charge in [0.15, 0.2) is 0 Å². The summed E-state index contributed by atoms with van der Waals surface area (Å²) >= 11 is 5.96. The summed E-state index contributed by atoms with van der Waals surface area (Å²) in [4.78, 5) is 15.9. The molecule has 1 aliphatic heterocycles. The Morgan fingerprint density at radius 3 is 3.00 bits per heavy atom. The number of carbonyl (C=O) groups excluding carboxylic acids is 1. The minimum atomic E-state index is -0.428. The minimum absolute atomic E-state index is 0.0869. The summed E-state index contributed by atoms with van der Waals surface area (Å²) in [6.07, 6.45) is 3.36. The maximum Gasteiger partial charge on any atom is 0.251 e. The first-order valence-electron chi connectivity index (χ1n) is 5.51. The van der Waals surface area contributed by atoms with Gasteiger partial charge in [-0.15, -0.1) is 0 Å². The summed E-state index contributed by atoms with van der Waals surface area (Å²) in [6, 6.07) is 8.61. The van der Waals surface area contributed by atoms with Crippen molar-refractivity contribution in [3.63, 3.8) is 0 Å². The Balaban J connectivity index is 1.94. The van der Waals surface area contributed by atoms with Gasteiger partial charge in [0.05, 0.1) is 5.69 Å². The zero-order valence-corrected chi connectivity index (χ0v) is 10.1. The average Bonchev–Trinajstić information content (AvgIpc) is 2.67. The van der Waals surface area contributed by atoms with Gasteiger partial charge in [0.2, 0.25) is 0 Å². The van der Waals surface area contributed by atoms with Crippen LogP contribution in [-0.4, -0.2) is 10.9 Å². The maximum absolute atomic E-state index is 11.9. The van der Waals surface area contributed by atoms with Crippen LogP contribution in [0.15, 0.2) is 42.7 Å². The molecule has 2 heterocycles. The van der Waals surface area contributed by atoms with Crippen LogP contribution >= 0.6 is 11.6 Å². The highest BCUT2D eigenvalue weighted by Crippen LogP contribution is 2.34. The SMILES string of the molecule is O=C1Nc2ccc(Cl)cc2C1Nc1cccnc1. The molecule has 0 spiro atoms. The zero-order chi connectivity index (χ0) is 12.5. The predicted molar refractivity (Wildman–Crippen MR) is 70.7 cm³/mol. The number of hydrogen-bond acceptors (Lipinski definition) is 3. The maximum atomic E-state index is 11.9. The van der Waals surface area contributed by atoms with Gasteiger partial charge in [-0.1, -0.05) is 11.6 Å². The largest absolute Gasteiger partial charge is 0.369 e. The van der Waals surface area contributed by atoms with E-state index in [1.54, 1.807) is 30.6 Å². The quantitative estimate of drug-likeness (QED) is 0.872. The van der Waals surface area contributed by atoms with E-state index in [4.69, 9.17) is 11.6 Å². The number of nitrogens with one attached hydrogen (secondary N) is 2. The van der Waals surface area contributed by atoms with Crippen molar-refractivity contribution in [2.75, 3.05) is 10.6 Å². The third-order valence-electron chi connectivity index (χ3n) is 2.82. The van der Waals surface area contributed by atoms with Crippen LogP contribution in [0.4, 0.5) is 11.4 Å². The lowest BCUT2D eigenvalue weighted by Gasteiger charge is -2.12. The van der Waals surface area contributed by atoms with Crippen molar-refractivity contribution >= 4 is 28.9 Å². The van der Waals surface area contributed by atoms with Crippen LogP contribution in [0.2, 0.25) is 5.02 Å². The molecule has 2 N–H and O–H groups in total. The molecule has 4 nitrogen and oxygen atoms in total. The van der Waals surface area contributed by atoms with Crippen LogP contribution in [0.5, 0.6) is 0 Å². The number of carbonyl (C=O) groups is 1. The summed E-state index contributed by atoms with van der Waals surface area (Å²) in [5, 5.41) is 6.57. The standard InChI is InChI=1S/C13H10ClN3O/c14-8-3-4-11-10(6-8)12(13(18)17-11)16-9-2-1-5-15-7-9/h1-7,12,16H,(H,17,18). The van der Waals surface area contributed by atoms with Gasteiger partial charge in [-0.05, 0) is 30.3 Å². The highest BCUT2D eigenvalue weighted by molar-refractivity contribution is 6.31. The molecule has 1 aromatic heterocycles. The first kappa shape index (κ1) is 11.0. The van der Waals surface area contributed by atoms with Crippen molar-refractivity contribution in [2.45, 2.75) is 6.04 Å². The number of amides is 1. The number of aromatic nitrogens is 1. The van der Waals surface area contributed by atoms with Crippen LogP contribution in [0.25, 0.3) is 0 Å². The highest BCUT2D eigenvalue weighted by atomic mass is 35.5. The van der Waals surface area contributed by atoms with E-state index in [0.29, 0.717) is 5.02 Å². The number of anilines is 2. The number of hydrogen-bond donors (Lipinski definition) is 2. The lowest BCUT2D eigenvalue weighted by molar-refractivity contribution is -0.116. The fourth-order valence-corrected chi connectivity index (χ4v) is 2.17. The molecule has 0 saturated carbocycles. The average molecular weight is 260 g/mol. The summed E-state index contributed by atoms with van der Waals surface area (Å²) < 4.78 is 0. The van der Waals surface area contributed by atoms with E-state index < -0.39 is 6.04 Å². The Morgan fingerprint density at radius 2 is 2.22 bits per heavy atom. The third kappa shape index (κ3) is 1.91. The number of rotatable bonds is 2. The monoisotopic (exact) mass is 259 g/mol. The molecule has 1 unspecified atom stereocenters. The van der Waals surface area contributed by atoms with E-state index in [2.05, 4.69) is 15.6 Å². The molecule has 1 atom stereocenters. The second-order valence-electron chi connectivity index (χ2n) is 4.04. The van der Waals surface area contributed by atoms with E-state index >= 15 is 0 Å². The molecule has 0 bridgehead atoms. The molecule has 3 rings (SSSR count). The van der Waals surface area contributed by atoms with Gasteiger partial charge in [-0.2, -0.15) is 0 Å². The summed E-state index contributed by atoms with van der Waals surface area (Å²) in [5.41, 5.74) is 2.45. The van der Waals surface area contributed by atoms with Gasteiger partial charge in [0.25, 0.3) is 5.91 Å². The number of halogens is 1. The van der Waals surface area contributed by atoms with Crippen LogP contribution in [0.1, 0.15) is 11.6 Å². The molecule has 2 aromatic rings. The van der Waals surface area contributed by atoms with E-state index in [-0.39, 0.29) is 5.91 Å². The van der Waals surface area contributed by atoms with E-state index in [1.165, 1.54) is 0 Å². The van der Waals surface area contributed by atoms with Crippen molar-refractivity contribution in [1.29, 1.82) is 0 Å². The Hall–Kier alpha value is -2.07. The third-order valence-corrected chi connectivity index (χ3v) is 3.05. The van der Waals surface area contributed by atoms with Gasteiger partial charge in [0.1, 0.15) is 6.04 Å². The molecular formula is C13H10ClN3O. The molecule has 0 radical (unpaired) electrons. The fraction of sp³-hybridized carbons (Fsp3) is 0.0769. The van der Waals surface area contributed by atoms with Crippen molar-refractivity contribution in [2.24, 2.45) is 0 Å². The topological polar surface area (TPSA) is 54.0 Å². The first-order valence-corrected chi connectivity index (χ1v) is 5.89. The van der Waals surface area contributed by atoms with Crippen molar-refractivity contribution in [3.8, 4) is 0 Å². The normalized spacial score (nSPS) is 17.2. The minimum Gasteiger partial charge on any atom is -0.369 e. The molecule has 90 valence electrons. The molecule has 1 amide bonds. The Morgan fingerprint density at radius 1 is 1.33 bits per heavy atom. The molecule has 1 aliphatic rings. The zero-order valence-electron chi connectivity index (χ0n) is 9.35. The van der Waals surface area contributed by atoms with Gasteiger partial charge < -0.3 is 10.6 Å². The summed E-state index contributed by atoms with van der Waals surface area (Å²) in [7, 11) is 0. The van der Waals surface area contributed by atoms with Crippen LogP contribution in [0, 0.1) is 0 Å². The van der Waals surface area contributed by atoms with E-state index in [0.717, 1.165) is 16.9 Å². The van der Waals surface area contributed by atoms with Gasteiger partial charge >= 0.3 is 0 Å². The molecule has 0 aliphatic carbocycles. The second-order valence-corrected chi connectivity index (χ2v) is 4.48. The van der Waals surface area contributed by atoms with E-state index in [9.17, 15) is 4.79 Å².